The molecule has 7 nitrogen and oxygen atoms in total. The van der Waals surface area contributed by atoms with E-state index in [9.17, 15) is 4.79 Å². The largest absolute Gasteiger partial charge is 0.348 e. The molecule has 126 valence electrons. The van der Waals surface area contributed by atoms with Crippen molar-refractivity contribution in [3.8, 4) is 11.3 Å². The van der Waals surface area contributed by atoms with Crippen molar-refractivity contribution >= 4 is 23.1 Å². The van der Waals surface area contributed by atoms with Gasteiger partial charge in [0.05, 0.1) is 23.1 Å². The summed E-state index contributed by atoms with van der Waals surface area (Å²) in [5.41, 5.74) is 4.87. The number of aromatic nitrogens is 4. The molecule has 0 saturated carbocycles. The van der Waals surface area contributed by atoms with Crippen LogP contribution in [0, 0.1) is 0 Å². The highest BCUT2D eigenvalue weighted by Gasteiger charge is 2.27. The Hall–Kier alpha value is -3.74. The van der Waals surface area contributed by atoms with E-state index in [1.54, 1.807) is 23.1 Å². The highest BCUT2D eigenvalue weighted by Crippen LogP contribution is 2.34. The minimum absolute atomic E-state index is 0.0953. The number of anilines is 2. The van der Waals surface area contributed by atoms with E-state index in [1.807, 2.05) is 42.5 Å². The van der Waals surface area contributed by atoms with Crippen molar-refractivity contribution in [3.63, 3.8) is 0 Å². The molecule has 3 aromatic heterocycles. The van der Waals surface area contributed by atoms with Crippen LogP contribution in [0.2, 0.25) is 0 Å². The number of rotatable bonds is 3. The van der Waals surface area contributed by atoms with Gasteiger partial charge in [0.1, 0.15) is 5.82 Å². The van der Waals surface area contributed by atoms with Gasteiger partial charge in [-0.25, -0.2) is 14.5 Å². The number of carbonyl (C=O) groups excluding carboxylic acids is 1. The Bertz CT molecular complexity index is 1140. The summed E-state index contributed by atoms with van der Waals surface area (Å²) in [4.78, 5) is 21.1. The first-order valence-electron chi connectivity index (χ1n) is 8.22. The number of imidazole rings is 1. The van der Waals surface area contributed by atoms with Crippen molar-refractivity contribution in [1.29, 1.82) is 0 Å². The van der Waals surface area contributed by atoms with Crippen molar-refractivity contribution in [3.05, 3.63) is 72.2 Å². The molecule has 0 spiro atoms. The van der Waals surface area contributed by atoms with Crippen molar-refractivity contribution < 1.29 is 4.79 Å². The van der Waals surface area contributed by atoms with Crippen LogP contribution in [0.5, 0.6) is 0 Å². The predicted molar refractivity (Wildman–Crippen MR) is 97.1 cm³/mol. The molecule has 26 heavy (non-hydrogen) atoms. The molecular formula is C19H14N6O. The molecule has 1 aliphatic rings. The average molecular weight is 342 g/mol. The molecule has 5 rings (SSSR count). The summed E-state index contributed by atoms with van der Waals surface area (Å²) in [6.07, 6.45) is 5.21. The van der Waals surface area contributed by atoms with Gasteiger partial charge in [0.25, 0.3) is 5.91 Å². The Morgan fingerprint density at radius 1 is 1.04 bits per heavy atom. The lowest BCUT2D eigenvalue weighted by molar-refractivity contribution is 0.0966. The zero-order valence-corrected chi connectivity index (χ0v) is 13.7. The van der Waals surface area contributed by atoms with E-state index in [4.69, 9.17) is 0 Å². The van der Waals surface area contributed by atoms with E-state index in [2.05, 4.69) is 25.7 Å². The first-order valence-corrected chi connectivity index (χ1v) is 8.22. The third kappa shape index (κ3) is 2.21. The van der Waals surface area contributed by atoms with Crippen LogP contribution < -0.4 is 10.6 Å². The van der Waals surface area contributed by atoms with Crippen LogP contribution in [0.1, 0.15) is 15.9 Å². The van der Waals surface area contributed by atoms with Gasteiger partial charge in [-0.1, -0.05) is 12.1 Å². The lowest BCUT2D eigenvalue weighted by Crippen LogP contribution is -2.13. The van der Waals surface area contributed by atoms with Crippen LogP contribution in [0.3, 0.4) is 0 Å². The van der Waals surface area contributed by atoms with Gasteiger partial charge in [0.2, 0.25) is 0 Å². The highest BCUT2D eigenvalue weighted by atomic mass is 16.1. The minimum Gasteiger partial charge on any atom is -0.348 e. The third-order valence-corrected chi connectivity index (χ3v) is 4.45. The number of hydrogen-bond donors (Lipinski definition) is 2. The SMILES string of the molecule is O=C1NCc2c(-c3cnc4cccnn34)ccc(Nc3ccccn3)c21. The molecule has 0 saturated heterocycles. The quantitative estimate of drug-likeness (QED) is 0.598. The van der Waals surface area contributed by atoms with Crippen molar-refractivity contribution in [1.82, 2.24) is 24.9 Å². The zero-order chi connectivity index (χ0) is 17.5. The lowest BCUT2D eigenvalue weighted by atomic mass is 9.99. The summed E-state index contributed by atoms with van der Waals surface area (Å²) in [6.45, 7) is 0.474. The van der Waals surface area contributed by atoms with Gasteiger partial charge in [-0.15, -0.1) is 0 Å². The standard InChI is InChI=1S/C19H14N6O/c26-19-18-13(10-22-19)12(15-11-21-17-5-3-9-23-25(15)17)6-7-14(18)24-16-4-1-2-8-20-16/h1-9,11H,10H2,(H,20,24)(H,22,26). The number of benzene rings is 1. The Morgan fingerprint density at radius 3 is 2.88 bits per heavy atom. The van der Waals surface area contributed by atoms with E-state index in [0.717, 1.165) is 28.2 Å². The molecular weight excluding hydrogens is 328 g/mol. The molecule has 0 radical (unpaired) electrons. The molecule has 0 unspecified atom stereocenters. The molecule has 2 N–H and O–H groups in total. The summed E-state index contributed by atoms with van der Waals surface area (Å²) in [7, 11) is 0. The van der Waals surface area contributed by atoms with Crippen molar-refractivity contribution in [2.45, 2.75) is 6.54 Å². The molecule has 0 atom stereocenters. The summed E-state index contributed by atoms with van der Waals surface area (Å²) >= 11 is 0. The maximum atomic E-state index is 12.5. The van der Waals surface area contributed by atoms with Gasteiger partial charge >= 0.3 is 0 Å². The molecule has 0 bridgehead atoms. The van der Waals surface area contributed by atoms with Crippen LogP contribution in [0.4, 0.5) is 11.5 Å². The van der Waals surface area contributed by atoms with E-state index >= 15 is 0 Å². The van der Waals surface area contributed by atoms with Crippen molar-refractivity contribution in [2.75, 3.05) is 5.32 Å². The van der Waals surface area contributed by atoms with Gasteiger partial charge < -0.3 is 10.6 Å². The van der Waals surface area contributed by atoms with Gasteiger partial charge in [0.15, 0.2) is 5.65 Å². The number of amides is 1. The van der Waals surface area contributed by atoms with Crippen LogP contribution in [-0.4, -0.2) is 25.5 Å². The summed E-state index contributed by atoms with van der Waals surface area (Å²) in [6, 6.07) is 13.2. The smallest absolute Gasteiger partial charge is 0.254 e. The summed E-state index contributed by atoms with van der Waals surface area (Å²) in [5.74, 6) is 0.598. The Balaban J connectivity index is 1.66. The summed E-state index contributed by atoms with van der Waals surface area (Å²) in [5, 5.41) is 10.5. The maximum absolute atomic E-state index is 12.5. The third-order valence-electron chi connectivity index (χ3n) is 4.45. The average Bonchev–Trinajstić information content (AvgIpc) is 3.28. The number of hydrogen-bond acceptors (Lipinski definition) is 5. The number of fused-ring (bicyclic) bond motifs is 2. The molecule has 1 amide bonds. The van der Waals surface area contributed by atoms with Crippen LogP contribution >= 0.6 is 0 Å². The molecule has 7 heteroatoms. The highest BCUT2D eigenvalue weighted by molar-refractivity contribution is 6.06. The second kappa shape index (κ2) is 5.66. The summed E-state index contributed by atoms with van der Waals surface area (Å²) < 4.78 is 1.78. The van der Waals surface area contributed by atoms with Gasteiger partial charge in [-0.3, -0.25) is 4.79 Å². The van der Waals surface area contributed by atoms with E-state index in [0.29, 0.717) is 17.9 Å². The van der Waals surface area contributed by atoms with E-state index < -0.39 is 0 Å². The van der Waals surface area contributed by atoms with E-state index in [1.165, 1.54) is 0 Å². The van der Waals surface area contributed by atoms with Gasteiger partial charge in [-0.2, -0.15) is 5.10 Å². The van der Waals surface area contributed by atoms with Gasteiger partial charge in [-0.05, 0) is 35.9 Å². The maximum Gasteiger partial charge on any atom is 0.254 e. The second-order valence-electron chi connectivity index (χ2n) is 5.97. The lowest BCUT2D eigenvalue weighted by Gasteiger charge is -2.12. The van der Waals surface area contributed by atoms with Gasteiger partial charge in [0, 0.05) is 24.5 Å². The Labute approximate surface area is 148 Å². The molecule has 4 heterocycles. The molecule has 1 aromatic carbocycles. The topological polar surface area (TPSA) is 84.2 Å². The number of carbonyl (C=O) groups is 1. The molecule has 0 fully saturated rings. The fourth-order valence-corrected chi connectivity index (χ4v) is 3.28. The number of nitrogens with one attached hydrogen (secondary N) is 2. The Morgan fingerprint density at radius 2 is 2.00 bits per heavy atom. The first kappa shape index (κ1) is 14.6. The normalized spacial score (nSPS) is 12.8. The number of nitrogens with zero attached hydrogens (tertiary/aromatic N) is 4. The number of pyridine rings is 1. The van der Waals surface area contributed by atoms with Crippen LogP contribution in [-0.2, 0) is 6.54 Å². The predicted octanol–water partition coefficient (Wildman–Crippen LogP) is 2.78. The molecule has 1 aliphatic heterocycles. The second-order valence-corrected chi connectivity index (χ2v) is 5.97. The fourth-order valence-electron chi connectivity index (χ4n) is 3.28. The minimum atomic E-state index is -0.0953. The Kier molecular flexibility index (Phi) is 3.18. The zero-order valence-electron chi connectivity index (χ0n) is 13.7. The van der Waals surface area contributed by atoms with Crippen LogP contribution in [0.25, 0.3) is 16.9 Å². The molecule has 4 aromatic rings. The van der Waals surface area contributed by atoms with E-state index in [-0.39, 0.29) is 5.91 Å². The fraction of sp³-hybridized carbons (Fsp3) is 0.0526. The first-order chi connectivity index (χ1) is 12.8. The molecule has 0 aliphatic carbocycles. The van der Waals surface area contributed by atoms with Crippen LogP contribution in [0.15, 0.2) is 61.1 Å². The monoisotopic (exact) mass is 342 g/mol. The van der Waals surface area contributed by atoms with Crippen molar-refractivity contribution in [2.24, 2.45) is 0 Å².